The molecule has 2 aliphatic rings. The number of aliphatic hydroxyl groups excluding tert-OH is 1. The van der Waals surface area contributed by atoms with Crippen molar-refractivity contribution in [1.82, 2.24) is 9.55 Å². The van der Waals surface area contributed by atoms with Crippen LogP contribution in [-0.4, -0.2) is 65.3 Å². The Kier molecular flexibility index (Phi) is 6.66. The first-order valence-corrected chi connectivity index (χ1v) is 12.8. The van der Waals surface area contributed by atoms with E-state index in [2.05, 4.69) is 18.1 Å². The molecule has 2 bridgehead atoms. The smallest absolute Gasteiger partial charge is 0.387 e. The van der Waals surface area contributed by atoms with Gasteiger partial charge in [-0.15, -0.1) is 0 Å². The van der Waals surface area contributed by atoms with Crippen LogP contribution >= 0.6 is 23.5 Å². The second-order valence-electron chi connectivity index (χ2n) is 6.51. The Morgan fingerprint density at radius 3 is 2.52 bits per heavy atom. The molecule has 0 amide bonds. The summed E-state index contributed by atoms with van der Waals surface area (Å²) < 4.78 is 58.0. The fraction of sp³-hybridized carbons (Fsp3) is 0.636. The fourth-order valence-electron chi connectivity index (χ4n) is 3.10. The molecule has 0 spiro atoms. The van der Waals surface area contributed by atoms with Gasteiger partial charge in [0.25, 0.3) is 0 Å². The number of ether oxygens (including phenoxy) is 2. The molecule has 0 aromatic carbocycles. The summed E-state index contributed by atoms with van der Waals surface area (Å²) in [5, 5.41) is 10.6. The first kappa shape index (κ1) is 24.6. The Morgan fingerprint density at radius 2 is 1.90 bits per heavy atom. The van der Waals surface area contributed by atoms with Crippen molar-refractivity contribution in [2.75, 3.05) is 18.9 Å². The number of nitrogen functional groups attached to an aromatic ring is 1. The number of rotatable bonds is 8. The van der Waals surface area contributed by atoms with Gasteiger partial charge in [0.15, 0.2) is 6.23 Å². The van der Waals surface area contributed by atoms with E-state index >= 15 is 0 Å². The number of hydrogen-bond acceptors (Lipinski definition) is 12. The minimum atomic E-state index is -5.71. The third kappa shape index (κ3) is 5.67. The molecule has 2 fully saturated rings. The van der Waals surface area contributed by atoms with Gasteiger partial charge in [-0.3, -0.25) is 9.09 Å². The van der Waals surface area contributed by atoms with Crippen LogP contribution in [0.2, 0.25) is 0 Å². The van der Waals surface area contributed by atoms with E-state index in [1.54, 1.807) is 0 Å². The van der Waals surface area contributed by atoms with E-state index < -0.39 is 59.8 Å². The summed E-state index contributed by atoms with van der Waals surface area (Å²) in [4.78, 5) is 51.5. The zero-order valence-corrected chi connectivity index (χ0v) is 17.9. The topological polar surface area (TPSA) is 259 Å². The largest absolute Gasteiger partial charge is 0.490 e. The monoisotopic (exact) mass is 509 g/mol. The van der Waals surface area contributed by atoms with Gasteiger partial charge in [-0.25, -0.2) is 18.5 Å². The first-order chi connectivity index (χ1) is 14.1. The van der Waals surface area contributed by atoms with E-state index in [0.29, 0.717) is 0 Å². The molecule has 2 saturated heterocycles. The van der Waals surface area contributed by atoms with Gasteiger partial charge in [0.2, 0.25) is 0 Å². The van der Waals surface area contributed by atoms with Crippen molar-refractivity contribution in [3.63, 3.8) is 0 Å². The standard InChI is InChI=1S/C11H18N3O14P3/c12-6-1-3-14(10(16)13-6)9-7-8(15)11(26-9,2-4-24-7)5-25-30(20,21)28-31(22,23)27-29(17,18)19/h1,3,7-9,15H,2,4-5H2,(H,20,21)(H,22,23)(H2,12,13,16)(H2,17,18,19)/t7-,8+,9-,11-/m1/s1. The lowest BCUT2D eigenvalue weighted by Gasteiger charge is -2.35. The van der Waals surface area contributed by atoms with Gasteiger partial charge in [0.05, 0.1) is 13.2 Å². The van der Waals surface area contributed by atoms with Crippen LogP contribution in [-0.2, 0) is 36.3 Å². The van der Waals surface area contributed by atoms with Crippen molar-refractivity contribution in [1.29, 1.82) is 0 Å². The summed E-state index contributed by atoms with van der Waals surface area (Å²) >= 11 is 0. The van der Waals surface area contributed by atoms with E-state index in [1.807, 2.05) is 0 Å². The van der Waals surface area contributed by atoms with Gasteiger partial charge in [0, 0.05) is 12.6 Å². The van der Waals surface area contributed by atoms with E-state index in [4.69, 9.17) is 25.0 Å². The Bertz CT molecular complexity index is 1040. The SMILES string of the molecule is Nc1ccn([C@@H]2O[C@@]3(COP(=O)(O)OP(=O)(O)OP(=O)(O)O)CCO[C@@H]2[C@@H]3O)c(=O)n1. The van der Waals surface area contributed by atoms with Crippen LogP contribution in [0.4, 0.5) is 5.82 Å². The molecule has 17 nitrogen and oxygen atoms in total. The number of phosphoric ester groups is 1. The first-order valence-electron chi connectivity index (χ1n) is 8.24. The number of anilines is 1. The van der Waals surface area contributed by atoms with Gasteiger partial charge in [-0.2, -0.15) is 13.6 Å². The lowest BCUT2D eigenvalue weighted by atomic mass is 9.90. The van der Waals surface area contributed by atoms with E-state index in [1.165, 1.54) is 12.3 Å². The highest BCUT2D eigenvalue weighted by Crippen LogP contribution is 2.66. The molecule has 7 N–H and O–H groups in total. The lowest BCUT2D eigenvalue weighted by molar-refractivity contribution is -0.141. The highest BCUT2D eigenvalue weighted by molar-refractivity contribution is 7.66. The fourth-order valence-corrected chi connectivity index (χ4v) is 6.18. The normalized spacial score (nSPS) is 32.4. The minimum Gasteiger partial charge on any atom is -0.387 e. The van der Waals surface area contributed by atoms with Crippen molar-refractivity contribution in [3.8, 4) is 0 Å². The molecule has 176 valence electrons. The molecular weight excluding hydrogens is 491 g/mol. The second kappa shape index (κ2) is 8.39. The summed E-state index contributed by atoms with van der Waals surface area (Å²) in [6.07, 6.45) is -2.66. The average molecular weight is 509 g/mol. The zero-order valence-electron chi connectivity index (χ0n) is 15.2. The molecule has 1 aromatic rings. The number of fused-ring (bicyclic) bond motifs is 2. The molecule has 3 heterocycles. The summed E-state index contributed by atoms with van der Waals surface area (Å²) in [7, 11) is -16.7. The molecule has 6 atom stereocenters. The molecule has 1 aromatic heterocycles. The van der Waals surface area contributed by atoms with Crippen molar-refractivity contribution < 1.29 is 61.0 Å². The Labute approximate surface area is 172 Å². The number of nitrogens with two attached hydrogens (primary N) is 1. The number of aliphatic hydroxyl groups is 1. The second-order valence-corrected chi connectivity index (χ2v) is 10.9. The maximum Gasteiger partial charge on any atom is 0.490 e. The average Bonchev–Trinajstić information content (AvgIpc) is 2.73. The molecule has 20 heteroatoms. The Hall–Kier alpha value is -1.03. The zero-order chi connectivity index (χ0) is 23.2. The summed E-state index contributed by atoms with van der Waals surface area (Å²) in [5.41, 5.74) is 2.90. The van der Waals surface area contributed by atoms with Crippen molar-refractivity contribution in [2.45, 2.75) is 30.5 Å². The van der Waals surface area contributed by atoms with Crippen molar-refractivity contribution >= 4 is 29.3 Å². The number of hydrogen-bond donors (Lipinski definition) is 6. The molecule has 31 heavy (non-hydrogen) atoms. The van der Waals surface area contributed by atoms with Crippen molar-refractivity contribution in [3.05, 3.63) is 22.7 Å². The predicted molar refractivity (Wildman–Crippen MR) is 95.9 cm³/mol. The minimum absolute atomic E-state index is 0.0187. The van der Waals surface area contributed by atoms with Crippen LogP contribution in [0.5, 0.6) is 0 Å². The van der Waals surface area contributed by atoms with Gasteiger partial charge in [0.1, 0.15) is 23.6 Å². The van der Waals surface area contributed by atoms with Gasteiger partial charge in [-0.05, 0) is 6.07 Å². The summed E-state index contributed by atoms with van der Waals surface area (Å²) in [5.74, 6) is -0.0638. The third-order valence-electron chi connectivity index (χ3n) is 4.34. The highest BCUT2D eigenvalue weighted by Gasteiger charge is 2.59. The molecule has 2 unspecified atom stereocenters. The maximum atomic E-state index is 12.1. The highest BCUT2D eigenvalue weighted by atomic mass is 31.3. The number of aromatic nitrogens is 2. The maximum absolute atomic E-state index is 12.1. The van der Waals surface area contributed by atoms with Crippen LogP contribution < -0.4 is 11.4 Å². The summed E-state index contributed by atoms with van der Waals surface area (Å²) in [6.45, 7) is -0.916. The van der Waals surface area contributed by atoms with E-state index in [-0.39, 0.29) is 18.8 Å². The Morgan fingerprint density at radius 1 is 1.23 bits per heavy atom. The lowest BCUT2D eigenvalue weighted by Crippen LogP contribution is -2.51. The van der Waals surface area contributed by atoms with Crippen LogP contribution in [0.1, 0.15) is 12.6 Å². The molecule has 2 aliphatic heterocycles. The van der Waals surface area contributed by atoms with Gasteiger partial charge >= 0.3 is 29.2 Å². The number of nitrogens with zero attached hydrogens (tertiary/aromatic N) is 2. The predicted octanol–water partition coefficient (Wildman–Crippen LogP) is -1.41. The van der Waals surface area contributed by atoms with E-state index in [9.17, 15) is 33.4 Å². The van der Waals surface area contributed by atoms with Crippen LogP contribution in [0.15, 0.2) is 17.1 Å². The Balaban J connectivity index is 1.76. The van der Waals surface area contributed by atoms with Gasteiger partial charge < -0.3 is 39.9 Å². The van der Waals surface area contributed by atoms with Gasteiger partial charge in [-0.1, -0.05) is 0 Å². The van der Waals surface area contributed by atoms with Crippen LogP contribution in [0, 0.1) is 0 Å². The number of phosphoric acid groups is 3. The quantitative estimate of drug-likeness (QED) is 0.220. The molecule has 3 rings (SSSR count). The summed E-state index contributed by atoms with van der Waals surface area (Å²) in [6, 6.07) is 1.29. The molecule has 0 aliphatic carbocycles. The third-order valence-corrected chi connectivity index (χ3v) is 8.12. The van der Waals surface area contributed by atoms with E-state index in [0.717, 1.165) is 4.57 Å². The van der Waals surface area contributed by atoms with Crippen molar-refractivity contribution in [2.24, 2.45) is 0 Å². The molecule has 0 saturated carbocycles. The molecular formula is C11H18N3O14P3. The van der Waals surface area contributed by atoms with Crippen LogP contribution in [0.25, 0.3) is 0 Å². The van der Waals surface area contributed by atoms with Crippen LogP contribution in [0.3, 0.4) is 0 Å². The molecule has 0 radical (unpaired) electrons.